The molecule has 0 N–H and O–H groups in total. The topological polar surface area (TPSA) is 0 Å². The first-order valence-corrected chi connectivity index (χ1v) is 5.25. The second-order valence-corrected chi connectivity index (χ2v) is 3.11. The zero-order valence-corrected chi connectivity index (χ0v) is 8.71. The van der Waals surface area contributed by atoms with Crippen LogP contribution in [0.4, 0.5) is 0 Å². The molecule has 73 valence electrons. The molecule has 1 radical (unpaired) electrons. The van der Waals surface area contributed by atoms with Crippen molar-refractivity contribution < 1.29 is 0 Å². The molecule has 0 saturated heterocycles. The zero-order chi connectivity index (χ0) is 9.78. The lowest BCUT2D eigenvalue weighted by Crippen LogP contribution is -1.72. The Morgan fingerprint density at radius 3 is 2.08 bits per heavy atom. The van der Waals surface area contributed by atoms with Gasteiger partial charge in [0.15, 0.2) is 0 Å². The monoisotopic (exact) mass is 177 g/mol. The third-order valence-corrected chi connectivity index (χ3v) is 1.83. The Kier molecular flexibility index (Phi) is 10.5. The molecule has 0 rings (SSSR count). The summed E-state index contributed by atoms with van der Waals surface area (Å²) in [4.78, 5) is 0. The summed E-state index contributed by atoms with van der Waals surface area (Å²) in [7, 11) is 0. The van der Waals surface area contributed by atoms with Gasteiger partial charge in [-0.15, -0.1) is 0 Å². The predicted octanol–water partition coefficient (Wildman–Crippen LogP) is 4.45. The van der Waals surface area contributed by atoms with Crippen LogP contribution < -0.4 is 0 Å². The van der Waals surface area contributed by atoms with Crippen LogP contribution in [0.5, 0.6) is 0 Å². The van der Waals surface area contributed by atoms with E-state index in [1.165, 1.54) is 25.7 Å². The molecule has 0 aliphatic carbocycles. The van der Waals surface area contributed by atoms with Gasteiger partial charge in [-0.1, -0.05) is 43.9 Å². The number of unbranched alkanes of at least 4 members (excludes halogenated alkanes) is 3. The van der Waals surface area contributed by atoms with Crippen molar-refractivity contribution >= 4 is 0 Å². The number of rotatable bonds is 8. The Balaban J connectivity index is 3.07. The molecular formula is C13H21. The van der Waals surface area contributed by atoms with Crippen LogP contribution in [0.1, 0.15) is 45.4 Å². The fourth-order valence-corrected chi connectivity index (χ4v) is 1.10. The highest BCUT2D eigenvalue weighted by molar-refractivity contribution is 4.87. The summed E-state index contributed by atoms with van der Waals surface area (Å²) in [5.74, 6) is 0. The van der Waals surface area contributed by atoms with Gasteiger partial charge in [0.2, 0.25) is 0 Å². The van der Waals surface area contributed by atoms with E-state index in [0.717, 1.165) is 12.8 Å². The number of hydrogen-bond donors (Lipinski definition) is 0. The standard InChI is InChI=1S/C13H21/c1-3-5-7-9-11-13-12-10-8-6-4-2/h1,3,6-9H,4-5,10-13H2,2H3. The number of hydrogen-bond acceptors (Lipinski definition) is 0. The third-order valence-electron chi connectivity index (χ3n) is 1.83. The Bertz CT molecular complexity index is 151. The van der Waals surface area contributed by atoms with E-state index in [4.69, 9.17) is 6.58 Å². The van der Waals surface area contributed by atoms with Gasteiger partial charge in [-0.2, -0.15) is 0 Å². The van der Waals surface area contributed by atoms with Crippen molar-refractivity contribution in [2.24, 2.45) is 0 Å². The van der Waals surface area contributed by atoms with E-state index in [-0.39, 0.29) is 0 Å². The molecule has 0 aromatic heterocycles. The van der Waals surface area contributed by atoms with E-state index in [2.05, 4.69) is 31.2 Å². The molecule has 0 heterocycles. The van der Waals surface area contributed by atoms with Gasteiger partial charge in [0, 0.05) is 0 Å². The van der Waals surface area contributed by atoms with Gasteiger partial charge in [-0.05, 0) is 38.5 Å². The van der Waals surface area contributed by atoms with Gasteiger partial charge in [-0.3, -0.25) is 0 Å². The van der Waals surface area contributed by atoms with Gasteiger partial charge in [0.1, 0.15) is 0 Å². The van der Waals surface area contributed by atoms with Gasteiger partial charge in [0.05, 0.1) is 0 Å². The normalized spacial score (nSPS) is 11.5. The molecule has 0 saturated carbocycles. The molecule has 0 bridgehead atoms. The van der Waals surface area contributed by atoms with Crippen LogP contribution >= 0.6 is 0 Å². The Morgan fingerprint density at radius 2 is 1.54 bits per heavy atom. The van der Waals surface area contributed by atoms with Crippen molar-refractivity contribution in [2.75, 3.05) is 0 Å². The second-order valence-electron chi connectivity index (χ2n) is 3.11. The molecule has 0 fully saturated rings. The Hall–Kier alpha value is -0.780. The fraction of sp³-hybridized carbons (Fsp3) is 0.538. The van der Waals surface area contributed by atoms with Crippen LogP contribution in [-0.2, 0) is 0 Å². The first-order valence-electron chi connectivity index (χ1n) is 5.25. The van der Waals surface area contributed by atoms with Gasteiger partial charge in [-0.25, -0.2) is 0 Å². The van der Waals surface area contributed by atoms with Gasteiger partial charge < -0.3 is 0 Å². The third kappa shape index (κ3) is 11.2. The Labute approximate surface area is 83.0 Å². The summed E-state index contributed by atoms with van der Waals surface area (Å²) in [5, 5.41) is 0. The average Bonchev–Trinajstić information content (AvgIpc) is 2.16. The van der Waals surface area contributed by atoms with Crippen LogP contribution in [0.3, 0.4) is 0 Å². The summed E-state index contributed by atoms with van der Waals surface area (Å²) in [5.41, 5.74) is 0. The van der Waals surface area contributed by atoms with Gasteiger partial charge >= 0.3 is 0 Å². The maximum Gasteiger partial charge on any atom is -0.0166 e. The highest BCUT2D eigenvalue weighted by atomic mass is 13.9. The van der Waals surface area contributed by atoms with Crippen molar-refractivity contribution in [3.8, 4) is 0 Å². The van der Waals surface area contributed by atoms with Crippen LogP contribution in [0, 0.1) is 6.58 Å². The smallest absolute Gasteiger partial charge is 0.0166 e. The molecule has 0 aromatic rings. The van der Waals surface area contributed by atoms with Crippen molar-refractivity contribution in [2.45, 2.75) is 45.4 Å². The molecule has 0 aromatic carbocycles. The molecular weight excluding hydrogens is 156 g/mol. The van der Waals surface area contributed by atoms with Crippen LogP contribution in [-0.4, -0.2) is 0 Å². The quantitative estimate of drug-likeness (QED) is 0.379. The van der Waals surface area contributed by atoms with Crippen molar-refractivity contribution in [1.29, 1.82) is 0 Å². The maximum atomic E-state index is 5.24. The highest BCUT2D eigenvalue weighted by Gasteiger charge is 1.82. The molecule has 0 heteroatoms. The lowest BCUT2D eigenvalue weighted by molar-refractivity contribution is 0.760. The largest absolute Gasteiger partial charge is 0.0888 e. The van der Waals surface area contributed by atoms with E-state index in [1.807, 2.05) is 0 Å². The van der Waals surface area contributed by atoms with E-state index < -0.39 is 0 Å². The summed E-state index contributed by atoms with van der Waals surface area (Å²) >= 11 is 0. The summed E-state index contributed by atoms with van der Waals surface area (Å²) in [6, 6.07) is 0. The summed E-state index contributed by atoms with van der Waals surface area (Å²) in [6.45, 7) is 7.41. The van der Waals surface area contributed by atoms with Gasteiger partial charge in [0.25, 0.3) is 0 Å². The molecule has 0 aliphatic rings. The minimum absolute atomic E-state index is 0.899. The predicted molar refractivity (Wildman–Crippen MR) is 60.5 cm³/mol. The Morgan fingerprint density at radius 1 is 0.923 bits per heavy atom. The van der Waals surface area contributed by atoms with E-state index in [1.54, 1.807) is 6.08 Å². The second kappa shape index (κ2) is 11.2. The van der Waals surface area contributed by atoms with E-state index in [9.17, 15) is 0 Å². The zero-order valence-electron chi connectivity index (χ0n) is 8.71. The molecule has 13 heavy (non-hydrogen) atoms. The molecule has 0 spiro atoms. The van der Waals surface area contributed by atoms with Crippen LogP contribution in [0.25, 0.3) is 0 Å². The van der Waals surface area contributed by atoms with Crippen molar-refractivity contribution in [3.05, 3.63) is 37.0 Å². The van der Waals surface area contributed by atoms with E-state index >= 15 is 0 Å². The number of allylic oxidation sites excluding steroid dienone is 5. The lowest BCUT2D eigenvalue weighted by Gasteiger charge is -1.92. The SMILES string of the molecule is [CH]=CCC=CCCCCC=CCC. The van der Waals surface area contributed by atoms with Crippen molar-refractivity contribution in [1.82, 2.24) is 0 Å². The molecule has 0 unspecified atom stereocenters. The molecule has 0 aliphatic heterocycles. The summed E-state index contributed by atoms with van der Waals surface area (Å²) in [6.07, 6.45) is 17.6. The first kappa shape index (κ1) is 12.2. The minimum atomic E-state index is 0.899. The maximum absolute atomic E-state index is 5.24. The molecule has 0 amide bonds. The minimum Gasteiger partial charge on any atom is -0.0888 e. The summed E-state index contributed by atoms with van der Waals surface area (Å²) < 4.78 is 0. The van der Waals surface area contributed by atoms with Crippen molar-refractivity contribution in [3.63, 3.8) is 0 Å². The average molecular weight is 177 g/mol. The molecule has 0 atom stereocenters. The first-order chi connectivity index (χ1) is 6.41. The van der Waals surface area contributed by atoms with Crippen LogP contribution in [0.15, 0.2) is 30.4 Å². The molecule has 0 nitrogen and oxygen atoms in total. The lowest BCUT2D eigenvalue weighted by atomic mass is 10.1. The van der Waals surface area contributed by atoms with Crippen LogP contribution in [0.2, 0.25) is 0 Å². The highest BCUT2D eigenvalue weighted by Crippen LogP contribution is 2.02. The fourth-order valence-electron chi connectivity index (χ4n) is 1.10. The van der Waals surface area contributed by atoms with E-state index in [0.29, 0.717) is 0 Å².